The van der Waals surface area contributed by atoms with Gasteiger partial charge in [0.2, 0.25) is 0 Å². The molecular formula is C16H17F2N. The molecule has 0 saturated heterocycles. The molecule has 0 aliphatic rings. The van der Waals surface area contributed by atoms with Crippen LogP contribution in [-0.2, 0) is 6.54 Å². The van der Waals surface area contributed by atoms with Crippen molar-refractivity contribution >= 4 is 5.69 Å². The molecule has 0 amide bonds. The maximum atomic E-state index is 12.6. The fraction of sp³-hybridized carbons (Fsp3) is 0.250. The average molecular weight is 261 g/mol. The number of nitrogens with one attached hydrogen (secondary N) is 1. The van der Waals surface area contributed by atoms with E-state index in [4.69, 9.17) is 0 Å². The standard InChI is InChI=1S/C16H17F2N/c1-11-6-7-15(12(2)8-11)19-10-13-4-3-5-14(9-13)16(17)18/h3-9,16,19H,10H2,1-2H3. The summed E-state index contributed by atoms with van der Waals surface area (Å²) >= 11 is 0. The number of benzene rings is 2. The molecule has 2 rings (SSSR count). The van der Waals surface area contributed by atoms with E-state index in [1.807, 2.05) is 32.0 Å². The number of anilines is 1. The van der Waals surface area contributed by atoms with Crippen LogP contribution in [0.2, 0.25) is 0 Å². The van der Waals surface area contributed by atoms with Crippen LogP contribution < -0.4 is 5.32 Å². The van der Waals surface area contributed by atoms with Crippen molar-refractivity contribution < 1.29 is 8.78 Å². The van der Waals surface area contributed by atoms with Crippen LogP contribution >= 0.6 is 0 Å². The number of hydrogen-bond donors (Lipinski definition) is 1. The molecule has 3 heteroatoms. The number of hydrogen-bond acceptors (Lipinski definition) is 1. The predicted molar refractivity (Wildman–Crippen MR) is 74.6 cm³/mol. The quantitative estimate of drug-likeness (QED) is 0.829. The van der Waals surface area contributed by atoms with Crippen molar-refractivity contribution in [2.75, 3.05) is 5.32 Å². The van der Waals surface area contributed by atoms with Crippen LogP contribution in [0.15, 0.2) is 42.5 Å². The van der Waals surface area contributed by atoms with E-state index in [1.165, 1.54) is 11.6 Å². The molecule has 0 saturated carbocycles. The molecule has 2 aromatic rings. The van der Waals surface area contributed by atoms with Gasteiger partial charge in [0, 0.05) is 17.8 Å². The lowest BCUT2D eigenvalue weighted by Crippen LogP contribution is -2.01. The van der Waals surface area contributed by atoms with Gasteiger partial charge in [0.1, 0.15) is 0 Å². The summed E-state index contributed by atoms with van der Waals surface area (Å²) in [6.07, 6.45) is -2.42. The third-order valence-electron chi connectivity index (χ3n) is 3.07. The molecule has 1 N–H and O–H groups in total. The zero-order valence-corrected chi connectivity index (χ0v) is 11.1. The first-order valence-corrected chi connectivity index (χ1v) is 6.24. The Morgan fingerprint density at radius 3 is 2.53 bits per heavy atom. The van der Waals surface area contributed by atoms with Crippen LogP contribution in [0, 0.1) is 13.8 Å². The number of halogens is 2. The molecule has 0 aliphatic heterocycles. The second-order valence-electron chi connectivity index (χ2n) is 4.72. The van der Waals surface area contributed by atoms with Gasteiger partial charge in [-0.3, -0.25) is 0 Å². The lowest BCUT2D eigenvalue weighted by Gasteiger charge is -2.11. The average Bonchev–Trinajstić information content (AvgIpc) is 2.38. The molecule has 0 aromatic heterocycles. The molecule has 19 heavy (non-hydrogen) atoms. The smallest absolute Gasteiger partial charge is 0.263 e. The second-order valence-corrected chi connectivity index (χ2v) is 4.72. The second kappa shape index (κ2) is 5.83. The zero-order valence-electron chi connectivity index (χ0n) is 11.1. The summed E-state index contributed by atoms with van der Waals surface area (Å²) in [6.45, 7) is 4.62. The first-order chi connectivity index (χ1) is 9.06. The molecular weight excluding hydrogens is 244 g/mol. The van der Waals surface area contributed by atoms with Crippen molar-refractivity contribution in [2.45, 2.75) is 26.8 Å². The van der Waals surface area contributed by atoms with Crippen molar-refractivity contribution in [3.8, 4) is 0 Å². The largest absolute Gasteiger partial charge is 0.381 e. The Balaban J connectivity index is 2.08. The van der Waals surface area contributed by atoms with E-state index in [2.05, 4.69) is 11.4 Å². The van der Waals surface area contributed by atoms with Gasteiger partial charge in [-0.05, 0) is 37.1 Å². The fourth-order valence-corrected chi connectivity index (χ4v) is 2.05. The fourth-order valence-electron chi connectivity index (χ4n) is 2.05. The van der Waals surface area contributed by atoms with Gasteiger partial charge in [-0.2, -0.15) is 0 Å². The van der Waals surface area contributed by atoms with Crippen molar-refractivity contribution in [3.05, 3.63) is 64.7 Å². The lowest BCUT2D eigenvalue weighted by molar-refractivity contribution is 0.151. The van der Waals surface area contributed by atoms with E-state index in [-0.39, 0.29) is 5.56 Å². The predicted octanol–water partition coefficient (Wildman–Crippen LogP) is 4.85. The Kier molecular flexibility index (Phi) is 4.15. The maximum absolute atomic E-state index is 12.6. The maximum Gasteiger partial charge on any atom is 0.263 e. The lowest BCUT2D eigenvalue weighted by atomic mass is 10.1. The summed E-state index contributed by atoms with van der Waals surface area (Å²) < 4.78 is 25.2. The summed E-state index contributed by atoms with van der Waals surface area (Å²) in [5, 5.41) is 3.28. The third kappa shape index (κ3) is 3.53. The zero-order chi connectivity index (χ0) is 13.8. The highest BCUT2D eigenvalue weighted by Crippen LogP contribution is 2.21. The first-order valence-electron chi connectivity index (χ1n) is 6.24. The van der Waals surface area contributed by atoms with Crippen molar-refractivity contribution in [3.63, 3.8) is 0 Å². The van der Waals surface area contributed by atoms with Gasteiger partial charge in [-0.25, -0.2) is 8.78 Å². The third-order valence-corrected chi connectivity index (χ3v) is 3.07. The minimum Gasteiger partial charge on any atom is -0.381 e. The normalized spacial score (nSPS) is 10.8. The molecule has 0 radical (unpaired) electrons. The van der Waals surface area contributed by atoms with Gasteiger partial charge in [0.05, 0.1) is 0 Å². The van der Waals surface area contributed by atoms with Gasteiger partial charge >= 0.3 is 0 Å². The van der Waals surface area contributed by atoms with Crippen LogP contribution in [0.5, 0.6) is 0 Å². The van der Waals surface area contributed by atoms with Gasteiger partial charge in [-0.1, -0.05) is 35.9 Å². The van der Waals surface area contributed by atoms with Gasteiger partial charge in [0.25, 0.3) is 6.43 Å². The van der Waals surface area contributed by atoms with Gasteiger partial charge < -0.3 is 5.32 Å². The summed E-state index contributed by atoms with van der Waals surface area (Å²) in [5.41, 5.74) is 4.33. The Bertz CT molecular complexity index is 564. The van der Waals surface area contributed by atoms with Crippen molar-refractivity contribution in [1.82, 2.24) is 0 Å². The van der Waals surface area contributed by atoms with E-state index in [0.717, 1.165) is 16.8 Å². The van der Waals surface area contributed by atoms with Crippen LogP contribution in [0.4, 0.5) is 14.5 Å². The van der Waals surface area contributed by atoms with E-state index < -0.39 is 6.43 Å². The van der Waals surface area contributed by atoms with Crippen LogP contribution in [-0.4, -0.2) is 0 Å². The Hall–Kier alpha value is -1.90. The van der Waals surface area contributed by atoms with Gasteiger partial charge in [0.15, 0.2) is 0 Å². The number of rotatable bonds is 4. The molecule has 0 atom stereocenters. The molecule has 0 fully saturated rings. The van der Waals surface area contributed by atoms with E-state index in [0.29, 0.717) is 6.54 Å². The molecule has 0 heterocycles. The minimum atomic E-state index is -2.42. The first kappa shape index (κ1) is 13.5. The monoisotopic (exact) mass is 261 g/mol. The molecule has 0 bridgehead atoms. The molecule has 0 unspecified atom stereocenters. The highest BCUT2D eigenvalue weighted by atomic mass is 19.3. The van der Waals surface area contributed by atoms with Crippen LogP contribution in [0.1, 0.15) is 28.7 Å². The van der Waals surface area contributed by atoms with Crippen LogP contribution in [0.3, 0.4) is 0 Å². The Morgan fingerprint density at radius 1 is 1.05 bits per heavy atom. The van der Waals surface area contributed by atoms with Crippen molar-refractivity contribution in [2.24, 2.45) is 0 Å². The van der Waals surface area contributed by atoms with Crippen molar-refractivity contribution in [1.29, 1.82) is 0 Å². The summed E-state index contributed by atoms with van der Waals surface area (Å²) in [6, 6.07) is 12.7. The van der Waals surface area contributed by atoms with E-state index in [1.54, 1.807) is 12.1 Å². The van der Waals surface area contributed by atoms with E-state index >= 15 is 0 Å². The molecule has 0 spiro atoms. The highest BCUT2D eigenvalue weighted by molar-refractivity contribution is 5.52. The summed E-state index contributed by atoms with van der Waals surface area (Å²) in [4.78, 5) is 0. The number of alkyl halides is 2. The topological polar surface area (TPSA) is 12.0 Å². The van der Waals surface area contributed by atoms with E-state index in [9.17, 15) is 8.78 Å². The highest BCUT2D eigenvalue weighted by Gasteiger charge is 2.07. The van der Waals surface area contributed by atoms with Gasteiger partial charge in [-0.15, -0.1) is 0 Å². The molecule has 1 nitrogen and oxygen atoms in total. The Labute approximate surface area is 112 Å². The Morgan fingerprint density at radius 2 is 1.84 bits per heavy atom. The SMILES string of the molecule is Cc1ccc(NCc2cccc(C(F)F)c2)c(C)c1. The summed E-state index contributed by atoms with van der Waals surface area (Å²) in [7, 11) is 0. The summed E-state index contributed by atoms with van der Waals surface area (Å²) in [5.74, 6) is 0. The molecule has 0 aliphatic carbocycles. The number of aryl methyl sites for hydroxylation is 2. The molecule has 100 valence electrons. The van der Waals surface area contributed by atoms with Crippen LogP contribution in [0.25, 0.3) is 0 Å². The minimum absolute atomic E-state index is 0.0694. The molecule has 2 aromatic carbocycles.